The summed E-state index contributed by atoms with van der Waals surface area (Å²) in [4.78, 5) is 0. The predicted octanol–water partition coefficient (Wildman–Crippen LogP) is 4.70. The van der Waals surface area contributed by atoms with Gasteiger partial charge >= 0.3 is 0 Å². The van der Waals surface area contributed by atoms with Crippen molar-refractivity contribution < 1.29 is 0 Å². The summed E-state index contributed by atoms with van der Waals surface area (Å²) in [7, 11) is 0. The lowest BCUT2D eigenvalue weighted by atomic mass is 9.51. The first-order chi connectivity index (χ1) is 11.4. The number of hydrogen-bond donors (Lipinski definition) is 0. The summed E-state index contributed by atoms with van der Waals surface area (Å²) in [6.07, 6.45) is 6.04. The Balaban J connectivity index is 1.60. The second kappa shape index (κ2) is 3.81. The second-order valence-electron chi connectivity index (χ2n) is 7.47. The molecule has 2 fully saturated rings. The van der Waals surface area contributed by atoms with Gasteiger partial charge in [-0.25, -0.2) is 0 Å². The van der Waals surface area contributed by atoms with Crippen molar-refractivity contribution in [3.8, 4) is 0 Å². The molecule has 0 saturated heterocycles. The Morgan fingerprint density at radius 3 is 1.48 bits per heavy atom. The molecule has 0 amide bonds. The van der Waals surface area contributed by atoms with Crippen LogP contribution < -0.4 is 0 Å². The highest BCUT2D eigenvalue weighted by molar-refractivity contribution is 5.47. The van der Waals surface area contributed by atoms with Crippen molar-refractivity contribution in [2.24, 2.45) is 33.9 Å². The van der Waals surface area contributed by atoms with Crippen LogP contribution in [0.3, 0.4) is 0 Å². The van der Waals surface area contributed by atoms with Gasteiger partial charge in [-0.15, -0.1) is 0 Å². The zero-order valence-electron chi connectivity index (χ0n) is 12.8. The van der Waals surface area contributed by atoms with E-state index in [2.05, 4.69) is 72.8 Å². The van der Waals surface area contributed by atoms with Crippen molar-refractivity contribution in [3.05, 3.63) is 83.9 Å². The van der Waals surface area contributed by atoms with Gasteiger partial charge in [-0.05, 0) is 29.4 Å². The quantitative estimate of drug-likeness (QED) is 0.718. The number of rotatable bonds is 2. The van der Waals surface area contributed by atoms with Crippen molar-refractivity contribution in [1.29, 1.82) is 0 Å². The monoisotopic (exact) mass is 298 g/mol. The zero-order valence-corrected chi connectivity index (χ0v) is 12.8. The molecule has 2 aliphatic heterocycles. The van der Waals surface area contributed by atoms with Gasteiger partial charge in [0.2, 0.25) is 0 Å². The number of azo groups is 1. The van der Waals surface area contributed by atoms with Crippen LogP contribution in [0.2, 0.25) is 0 Å². The standard InChI is InChI=1S/C21H18N2/c1-3-7-14(8-4-1)20-16-11-12-17(16)21(23-22-20,19-13-18(19)20)15-9-5-2-6-10-15/h1-12,16-19H,13H2/t16-,17-,18-,19+,20-,21-/m1/s1. The molecule has 6 atom stereocenters. The Hall–Kier alpha value is -2.22. The van der Waals surface area contributed by atoms with Gasteiger partial charge in [0.15, 0.2) is 0 Å². The predicted molar refractivity (Wildman–Crippen MR) is 88.8 cm³/mol. The highest BCUT2D eigenvalue weighted by Crippen LogP contribution is 2.77. The van der Waals surface area contributed by atoms with Gasteiger partial charge in [0.05, 0.1) is 0 Å². The first-order valence-corrected chi connectivity index (χ1v) is 8.61. The maximum absolute atomic E-state index is 5.03. The van der Waals surface area contributed by atoms with Gasteiger partial charge in [0.1, 0.15) is 11.1 Å². The SMILES string of the molecule is C1=C[C@@H]2[C@@H]1[C@@]1(c3ccccc3)N=N[C@@]2(c2ccccc2)[C@H]2C[C@H]21. The average Bonchev–Trinajstić information content (AvgIpc) is 3.39. The normalized spacial score (nSPS) is 44.3. The van der Waals surface area contributed by atoms with E-state index >= 15 is 0 Å². The van der Waals surface area contributed by atoms with Crippen LogP contribution in [-0.2, 0) is 11.1 Å². The van der Waals surface area contributed by atoms with E-state index in [4.69, 9.17) is 10.2 Å². The molecule has 2 heterocycles. The third-order valence-electron chi connectivity index (χ3n) is 6.70. The number of nitrogens with zero attached hydrogens (tertiary/aromatic N) is 2. The fraction of sp³-hybridized carbons (Fsp3) is 0.333. The molecule has 2 aromatic carbocycles. The van der Waals surface area contributed by atoms with Crippen molar-refractivity contribution >= 4 is 0 Å². The average molecular weight is 298 g/mol. The molecule has 2 bridgehead atoms. The van der Waals surface area contributed by atoms with Crippen LogP contribution >= 0.6 is 0 Å². The molecule has 2 aromatic rings. The third kappa shape index (κ3) is 1.21. The van der Waals surface area contributed by atoms with E-state index in [0.717, 1.165) is 0 Å². The van der Waals surface area contributed by atoms with Crippen molar-refractivity contribution in [3.63, 3.8) is 0 Å². The van der Waals surface area contributed by atoms with E-state index in [1.165, 1.54) is 17.5 Å². The molecule has 112 valence electrons. The summed E-state index contributed by atoms with van der Waals surface area (Å²) in [6, 6.07) is 21.7. The molecule has 0 spiro atoms. The van der Waals surface area contributed by atoms with Gasteiger partial charge in [-0.2, -0.15) is 10.2 Å². The molecule has 2 nitrogen and oxygen atoms in total. The summed E-state index contributed by atoms with van der Waals surface area (Å²) in [5.41, 5.74) is 2.53. The molecule has 7 rings (SSSR count). The maximum Gasteiger partial charge on any atom is 0.116 e. The molecule has 0 unspecified atom stereocenters. The maximum atomic E-state index is 5.03. The molecular weight excluding hydrogens is 280 g/mol. The smallest absolute Gasteiger partial charge is 0.116 e. The minimum absolute atomic E-state index is 0.0954. The van der Waals surface area contributed by atoms with Crippen molar-refractivity contribution in [2.75, 3.05) is 0 Å². The highest BCUT2D eigenvalue weighted by Gasteiger charge is 2.77. The van der Waals surface area contributed by atoms with Crippen LogP contribution in [-0.4, -0.2) is 0 Å². The van der Waals surface area contributed by atoms with Crippen LogP contribution in [0.1, 0.15) is 17.5 Å². The van der Waals surface area contributed by atoms with E-state index in [1.807, 2.05) is 0 Å². The molecular formula is C21H18N2. The van der Waals surface area contributed by atoms with E-state index in [-0.39, 0.29) is 11.1 Å². The summed E-state index contributed by atoms with van der Waals surface area (Å²) >= 11 is 0. The Morgan fingerprint density at radius 1 is 0.652 bits per heavy atom. The molecule has 2 heteroatoms. The van der Waals surface area contributed by atoms with Crippen molar-refractivity contribution in [2.45, 2.75) is 17.5 Å². The fourth-order valence-electron chi connectivity index (χ4n) is 5.62. The molecule has 0 aromatic heterocycles. The highest BCUT2D eigenvalue weighted by atomic mass is 15.3. The summed E-state index contributed by atoms with van der Waals surface area (Å²) in [5.74, 6) is 2.31. The van der Waals surface area contributed by atoms with Crippen LogP contribution in [0, 0.1) is 23.7 Å². The minimum Gasteiger partial charge on any atom is -0.181 e. The van der Waals surface area contributed by atoms with Crippen LogP contribution in [0.5, 0.6) is 0 Å². The largest absolute Gasteiger partial charge is 0.181 e. The lowest BCUT2D eigenvalue weighted by Gasteiger charge is -2.58. The van der Waals surface area contributed by atoms with Crippen LogP contribution in [0.4, 0.5) is 0 Å². The Labute approximate surface area is 136 Å². The molecule has 3 aliphatic carbocycles. The first-order valence-electron chi connectivity index (χ1n) is 8.61. The molecule has 5 aliphatic rings. The van der Waals surface area contributed by atoms with Gasteiger partial charge in [-0.3, -0.25) is 0 Å². The van der Waals surface area contributed by atoms with Crippen LogP contribution in [0.15, 0.2) is 83.0 Å². The molecule has 23 heavy (non-hydrogen) atoms. The number of hydrogen-bond acceptors (Lipinski definition) is 2. The molecule has 2 saturated carbocycles. The Bertz CT molecular complexity index is 771. The zero-order chi connectivity index (χ0) is 15.1. The van der Waals surface area contributed by atoms with Gasteiger partial charge in [0, 0.05) is 11.8 Å². The van der Waals surface area contributed by atoms with Crippen LogP contribution in [0.25, 0.3) is 0 Å². The van der Waals surface area contributed by atoms with E-state index < -0.39 is 0 Å². The summed E-state index contributed by atoms with van der Waals surface area (Å²) in [5, 5.41) is 10.1. The summed E-state index contributed by atoms with van der Waals surface area (Å²) in [6.45, 7) is 0. The first kappa shape index (κ1) is 12.2. The Kier molecular flexibility index (Phi) is 2.03. The topological polar surface area (TPSA) is 24.7 Å². The molecule has 0 N–H and O–H groups in total. The number of benzene rings is 2. The second-order valence-corrected chi connectivity index (χ2v) is 7.47. The lowest BCUT2D eigenvalue weighted by molar-refractivity contribution is 0.0165. The molecule has 0 radical (unpaired) electrons. The lowest BCUT2D eigenvalue weighted by Crippen LogP contribution is -2.58. The minimum atomic E-state index is -0.0954. The fourth-order valence-corrected chi connectivity index (χ4v) is 5.62. The third-order valence-corrected chi connectivity index (χ3v) is 6.70. The van der Waals surface area contributed by atoms with Gasteiger partial charge in [-0.1, -0.05) is 72.8 Å². The van der Waals surface area contributed by atoms with E-state index in [0.29, 0.717) is 23.7 Å². The summed E-state index contributed by atoms with van der Waals surface area (Å²) < 4.78 is 0. The van der Waals surface area contributed by atoms with E-state index in [9.17, 15) is 0 Å². The van der Waals surface area contributed by atoms with Gasteiger partial charge < -0.3 is 0 Å². The van der Waals surface area contributed by atoms with Gasteiger partial charge in [0.25, 0.3) is 0 Å². The van der Waals surface area contributed by atoms with Crippen molar-refractivity contribution in [1.82, 2.24) is 0 Å². The Morgan fingerprint density at radius 2 is 1.09 bits per heavy atom. The van der Waals surface area contributed by atoms with E-state index in [1.54, 1.807) is 0 Å².